The minimum Gasteiger partial charge on any atom is -0.402 e. The maximum Gasteiger partial charge on any atom is 0.573 e. The van der Waals surface area contributed by atoms with E-state index in [-0.39, 0.29) is 0 Å². The molecule has 162 valence electrons. The number of nitrogens with zero attached hydrogens (tertiary/aromatic N) is 1. The van der Waals surface area contributed by atoms with Crippen LogP contribution in [0.3, 0.4) is 0 Å². The number of alkyl halides is 6. The van der Waals surface area contributed by atoms with Crippen LogP contribution >= 0.6 is 0 Å². The molecular formula is C19H27F6NO2. The van der Waals surface area contributed by atoms with Crippen molar-refractivity contribution < 1.29 is 35.8 Å². The number of ether oxygens (including phenoxy) is 2. The lowest BCUT2D eigenvalue weighted by atomic mass is 9.85. The molecule has 3 nitrogen and oxygen atoms in total. The van der Waals surface area contributed by atoms with Gasteiger partial charge in [-0.15, -0.1) is 26.3 Å². The third kappa shape index (κ3) is 8.58. The Kier molecular flexibility index (Phi) is 9.39. The highest BCUT2D eigenvalue weighted by Crippen LogP contribution is 2.35. The van der Waals surface area contributed by atoms with Crippen LogP contribution in [-0.2, 0) is 0 Å². The number of likely N-dealkylation sites (tertiary alicyclic amines) is 1. The Morgan fingerprint density at radius 1 is 0.821 bits per heavy atom. The number of hydrogen-bond donors (Lipinski definition) is 0. The summed E-state index contributed by atoms with van der Waals surface area (Å²) in [5.41, 5.74) is 0. The second-order valence-corrected chi connectivity index (χ2v) is 6.42. The zero-order chi connectivity index (χ0) is 21.4. The Balaban J connectivity index is 0.000000278. The van der Waals surface area contributed by atoms with Gasteiger partial charge >= 0.3 is 12.7 Å². The molecule has 28 heavy (non-hydrogen) atoms. The van der Waals surface area contributed by atoms with Gasteiger partial charge in [-0.05, 0) is 50.9 Å². The fraction of sp³-hybridized carbons (Fsp3) is 0.684. The van der Waals surface area contributed by atoms with Gasteiger partial charge in [0.15, 0.2) is 11.5 Å². The van der Waals surface area contributed by atoms with Crippen molar-refractivity contribution in [1.29, 1.82) is 0 Å². The van der Waals surface area contributed by atoms with Crippen molar-refractivity contribution in [1.82, 2.24) is 4.90 Å². The minimum atomic E-state index is -5.08. The fourth-order valence-electron chi connectivity index (χ4n) is 3.51. The summed E-state index contributed by atoms with van der Waals surface area (Å²) in [4.78, 5) is 2.56. The quantitative estimate of drug-likeness (QED) is 0.523. The zero-order valence-electron chi connectivity index (χ0n) is 16.2. The molecule has 9 heteroatoms. The summed E-state index contributed by atoms with van der Waals surface area (Å²) in [6, 6.07) is 4.58. The third-order valence-corrected chi connectivity index (χ3v) is 4.59. The SMILES string of the molecule is CC.CN1CCC2CCCCC21.FC(F)(F)Oc1ccccc1OC(F)(F)F. The molecule has 2 atom stereocenters. The molecule has 0 bridgehead atoms. The van der Waals surface area contributed by atoms with Crippen LogP contribution in [-0.4, -0.2) is 37.3 Å². The van der Waals surface area contributed by atoms with Gasteiger partial charge in [0.1, 0.15) is 0 Å². The Bertz CT molecular complexity index is 539. The Morgan fingerprint density at radius 2 is 1.29 bits per heavy atom. The molecule has 0 aromatic heterocycles. The highest BCUT2D eigenvalue weighted by atomic mass is 19.4. The van der Waals surface area contributed by atoms with E-state index in [0.29, 0.717) is 12.1 Å². The lowest BCUT2D eigenvalue weighted by Gasteiger charge is -2.28. The second kappa shape index (κ2) is 10.8. The number of hydrogen-bond acceptors (Lipinski definition) is 3. The molecule has 0 radical (unpaired) electrons. The van der Waals surface area contributed by atoms with Crippen molar-refractivity contribution in [2.45, 2.75) is 64.7 Å². The van der Waals surface area contributed by atoms with Crippen LogP contribution in [0.4, 0.5) is 26.3 Å². The smallest absolute Gasteiger partial charge is 0.402 e. The number of rotatable bonds is 2. The molecular weight excluding hydrogens is 388 g/mol. The highest BCUT2D eigenvalue weighted by Gasteiger charge is 2.36. The van der Waals surface area contributed by atoms with E-state index in [1.54, 1.807) is 0 Å². The zero-order valence-corrected chi connectivity index (χ0v) is 16.2. The van der Waals surface area contributed by atoms with E-state index in [0.717, 1.165) is 24.1 Å². The van der Waals surface area contributed by atoms with E-state index >= 15 is 0 Å². The normalized spacial score (nSPS) is 22.2. The van der Waals surface area contributed by atoms with Gasteiger partial charge in [-0.1, -0.05) is 38.8 Å². The monoisotopic (exact) mass is 415 g/mol. The fourth-order valence-corrected chi connectivity index (χ4v) is 3.51. The summed E-state index contributed by atoms with van der Waals surface area (Å²) >= 11 is 0. The van der Waals surface area contributed by atoms with E-state index in [4.69, 9.17) is 0 Å². The molecule has 0 N–H and O–H groups in total. The van der Waals surface area contributed by atoms with Crippen molar-refractivity contribution in [3.05, 3.63) is 24.3 Å². The molecule has 0 amide bonds. The largest absolute Gasteiger partial charge is 0.573 e. The summed E-state index contributed by atoms with van der Waals surface area (Å²) < 4.78 is 77.5. The van der Waals surface area contributed by atoms with E-state index < -0.39 is 24.2 Å². The topological polar surface area (TPSA) is 21.7 Å². The van der Waals surface area contributed by atoms with Gasteiger partial charge in [0.05, 0.1) is 0 Å². The number of benzene rings is 1. The first kappa shape index (κ1) is 24.4. The van der Waals surface area contributed by atoms with Gasteiger partial charge in [0.2, 0.25) is 0 Å². The first-order valence-corrected chi connectivity index (χ1v) is 9.36. The predicted molar refractivity (Wildman–Crippen MR) is 94.1 cm³/mol. The van der Waals surface area contributed by atoms with Crippen molar-refractivity contribution in [3.8, 4) is 11.5 Å². The molecule has 1 heterocycles. The lowest BCUT2D eigenvalue weighted by molar-refractivity contribution is -0.287. The second-order valence-electron chi connectivity index (χ2n) is 6.42. The molecule has 0 spiro atoms. The summed E-state index contributed by atoms with van der Waals surface area (Å²) in [6.45, 7) is 5.36. The van der Waals surface area contributed by atoms with Gasteiger partial charge in [-0.2, -0.15) is 0 Å². The molecule has 2 fully saturated rings. The van der Waals surface area contributed by atoms with E-state index in [1.807, 2.05) is 13.8 Å². The van der Waals surface area contributed by atoms with Crippen LogP contribution in [0.15, 0.2) is 24.3 Å². The van der Waals surface area contributed by atoms with E-state index in [1.165, 1.54) is 38.6 Å². The van der Waals surface area contributed by atoms with Crippen LogP contribution in [0, 0.1) is 5.92 Å². The Morgan fingerprint density at radius 3 is 1.71 bits per heavy atom. The molecule has 2 unspecified atom stereocenters. The molecule has 1 aromatic carbocycles. The molecule has 1 saturated carbocycles. The van der Waals surface area contributed by atoms with Crippen LogP contribution in [0.25, 0.3) is 0 Å². The summed E-state index contributed by atoms with van der Waals surface area (Å²) in [5.74, 6) is -1.03. The Hall–Kier alpha value is -1.64. The molecule has 1 aliphatic carbocycles. The van der Waals surface area contributed by atoms with Crippen LogP contribution in [0.2, 0.25) is 0 Å². The third-order valence-electron chi connectivity index (χ3n) is 4.59. The van der Waals surface area contributed by atoms with E-state index in [2.05, 4.69) is 21.4 Å². The van der Waals surface area contributed by atoms with Gasteiger partial charge in [-0.3, -0.25) is 0 Å². The maximum atomic E-state index is 11.8. The van der Waals surface area contributed by atoms with Gasteiger partial charge in [0, 0.05) is 6.04 Å². The molecule has 2 aliphatic rings. The molecule has 1 aromatic rings. The van der Waals surface area contributed by atoms with Crippen LogP contribution < -0.4 is 9.47 Å². The molecule has 3 rings (SSSR count). The first-order valence-electron chi connectivity index (χ1n) is 9.36. The Labute approximate surface area is 161 Å². The highest BCUT2D eigenvalue weighted by molar-refractivity contribution is 5.39. The molecule has 1 aliphatic heterocycles. The van der Waals surface area contributed by atoms with Crippen LogP contribution in [0.5, 0.6) is 11.5 Å². The molecule has 1 saturated heterocycles. The van der Waals surface area contributed by atoms with Gasteiger partial charge in [0.25, 0.3) is 0 Å². The first-order chi connectivity index (χ1) is 13.1. The minimum absolute atomic E-state index is 0.717. The predicted octanol–water partition coefficient (Wildman–Crippen LogP) is 6.39. The average Bonchev–Trinajstić information content (AvgIpc) is 2.98. The van der Waals surface area contributed by atoms with Crippen molar-refractivity contribution >= 4 is 0 Å². The number of para-hydroxylation sites is 2. The standard InChI is InChI=1S/C9H17N.C8H4F6O2.C2H6/c1-10-7-6-8-4-2-3-5-9(8)10;9-7(10,11)15-5-3-1-2-4-6(5)16-8(12,13)14;1-2/h8-9H,2-7H2,1H3;1-4H;1-2H3. The van der Waals surface area contributed by atoms with Crippen LogP contribution in [0.1, 0.15) is 46.0 Å². The van der Waals surface area contributed by atoms with Crippen molar-refractivity contribution in [2.24, 2.45) is 5.92 Å². The summed E-state index contributed by atoms with van der Waals surface area (Å²) in [5, 5.41) is 0. The summed E-state index contributed by atoms with van der Waals surface area (Å²) in [6.07, 6.45) is -2.73. The average molecular weight is 415 g/mol. The van der Waals surface area contributed by atoms with Gasteiger partial charge < -0.3 is 14.4 Å². The maximum absolute atomic E-state index is 11.8. The summed E-state index contributed by atoms with van der Waals surface area (Å²) in [7, 11) is 2.29. The van der Waals surface area contributed by atoms with E-state index in [9.17, 15) is 26.3 Å². The lowest BCUT2D eigenvalue weighted by Crippen LogP contribution is -2.31. The number of halogens is 6. The number of fused-ring (bicyclic) bond motifs is 1. The van der Waals surface area contributed by atoms with Crippen molar-refractivity contribution in [3.63, 3.8) is 0 Å². The van der Waals surface area contributed by atoms with Crippen molar-refractivity contribution in [2.75, 3.05) is 13.6 Å². The van der Waals surface area contributed by atoms with Gasteiger partial charge in [-0.25, -0.2) is 0 Å².